The van der Waals surface area contributed by atoms with Crippen LogP contribution in [0.25, 0.3) is 0 Å². The fraction of sp³-hybridized carbons (Fsp3) is 0.600. The highest BCUT2D eigenvalue weighted by Gasteiger charge is 2.46. The van der Waals surface area contributed by atoms with Gasteiger partial charge in [-0.3, -0.25) is 0 Å². The van der Waals surface area contributed by atoms with Gasteiger partial charge in [-0.2, -0.15) is 0 Å². The minimum absolute atomic E-state index is 0.194. The third kappa shape index (κ3) is 1.91. The van der Waals surface area contributed by atoms with Crippen molar-refractivity contribution in [2.24, 2.45) is 0 Å². The van der Waals surface area contributed by atoms with Gasteiger partial charge in [-0.15, -0.1) is 0 Å². The molecule has 1 aliphatic heterocycles. The zero-order valence-corrected chi connectivity index (χ0v) is 10.8. The maximum absolute atomic E-state index is 10.7. The molecule has 1 N–H and O–H groups in total. The van der Waals surface area contributed by atoms with E-state index in [1.165, 1.54) is 5.56 Å². The van der Waals surface area contributed by atoms with Crippen molar-refractivity contribution in [2.45, 2.75) is 44.3 Å². The molecule has 98 valence electrons. The molecule has 3 heteroatoms. The van der Waals surface area contributed by atoms with Gasteiger partial charge in [0.1, 0.15) is 5.75 Å². The fourth-order valence-corrected chi connectivity index (χ4v) is 3.02. The first-order valence-electron chi connectivity index (χ1n) is 6.82. The number of ether oxygens (including phenoxy) is 2. The molecule has 1 fully saturated rings. The largest absolute Gasteiger partial charge is 0.493 e. The van der Waals surface area contributed by atoms with Gasteiger partial charge in [-0.05, 0) is 25.3 Å². The molecule has 0 saturated heterocycles. The average molecular weight is 248 g/mol. The van der Waals surface area contributed by atoms with Crippen molar-refractivity contribution in [3.8, 4) is 5.75 Å². The number of hydrogen-bond donors (Lipinski definition) is 1. The van der Waals surface area contributed by atoms with E-state index in [0.29, 0.717) is 19.4 Å². The Labute approximate surface area is 108 Å². The minimum Gasteiger partial charge on any atom is -0.493 e. The van der Waals surface area contributed by atoms with Crippen molar-refractivity contribution in [1.82, 2.24) is 0 Å². The number of benzene rings is 1. The Bertz CT molecular complexity index is 435. The highest BCUT2D eigenvalue weighted by atomic mass is 16.5. The zero-order valence-electron chi connectivity index (χ0n) is 10.8. The van der Waals surface area contributed by atoms with E-state index in [4.69, 9.17) is 9.47 Å². The minimum atomic E-state index is -0.748. The molecule has 1 aliphatic carbocycles. The zero-order chi connectivity index (χ0) is 12.6. The number of fused-ring (bicyclic) bond motifs is 1. The average Bonchev–Trinajstić information content (AvgIpc) is 2.36. The van der Waals surface area contributed by atoms with Crippen LogP contribution in [0.4, 0.5) is 0 Å². The van der Waals surface area contributed by atoms with E-state index >= 15 is 0 Å². The van der Waals surface area contributed by atoms with Gasteiger partial charge in [-0.1, -0.05) is 18.2 Å². The summed E-state index contributed by atoms with van der Waals surface area (Å²) in [6, 6.07) is 6.11. The van der Waals surface area contributed by atoms with Crippen LogP contribution in [0.5, 0.6) is 5.75 Å². The van der Waals surface area contributed by atoms with E-state index in [2.05, 4.69) is 6.07 Å². The summed E-state index contributed by atoms with van der Waals surface area (Å²) in [5.41, 5.74) is 1.44. The molecule has 3 rings (SSSR count). The second-order valence-electron chi connectivity index (χ2n) is 5.26. The molecular weight excluding hydrogens is 228 g/mol. The van der Waals surface area contributed by atoms with Gasteiger partial charge in [0, 0.05) is 25.0 Å². The fourth-order valence-electron chi connectivity index (χ4n) is 3.02. The number of hydrogen-bond acceptors (Lipinski definition) is 3. The lowest BCUT2D eigenvalue weighted by atomic mass is 9.72. The summed E-state index contributed by atoms with van der Waals surface area (Å²) in [4.78, 5) is 0. The lowest BCUT2D eigenvalue weighted by Crippen LogP contribution is -2.46. The molecule has 2 aliphatic rings. The molecular formula is C15H20O3. The normalized spacial score (nSPS) is 30.2. The lowest BCUT2D eigenvalue weighted by Gasteiger charge is -2.44. The molecule has 0 spiro atoms. The van der Waals surface area contributed by atoms with Gasteiger partial charge < -0.3 is 14.6 Å². The first kappa shape index (κ1) is 12.0. The van der Waals surface area contributed by atoms with Crippen LogP contribution in [0.1, 0.15) is 37.3 Å². The standard InChI is InChI=1S/C15H20O3/c1-2-17-12-9-15(16,10-12)13-7-3-5-11-6-4-8-18-14(11)13/h3,5,7,12,16H,2,4,6,8-10H2,1H3. The quantitative estimate of drug-likeness (QED) is 0.892. The first-order chi connectivity index (χ1) is 8.73. The van der Waals surface area contributed by atoms with E-state index in [0.717, 1.165) is 30.8 Å². The summed E-state index contributed by atoms with van der Waals surface area (Å²) >= 11 is 0. The van der Waals surface area contributed by atoms with Crippen LogP contribution in [0.3, 0.4) is 0 Å². The van der Waals surface area contributed by atoms with Crippen LogP contribution in [0.2, 0.25) is 0 Å². The third-order valence-corrected chi connectivity index (χ3v) is 3.97. The maximum Gasteiger partial charge on any atom is 0.128 e. The van der Waals surface area contributed by atoms with Gasteiger partial charge in [-0.25, -0.2) is 0 Å². The van der Waals surface area contributed by atoms with E-state index in [1.807, 2.05) is 19.1 Å². The Morgan fingerprint density at radius 2 is 2.28 bits per heavy atom. The summed E-state index contributed by atoms with van der Waals surface area (Å²) in [5.74, 6) is 0.918. The Morgan fingerprint density at radius 1 is 1.44 bits per heavy atom. The third-order valence-electron chi connectivity index (χ3n) is 3.97. The van der Waals surface area contributed by atoms with Crippen LogP contribution < -0.4 is 4.74 Å². The molecule has 0 aromatic heterocycles. The summed E-state index contributed by atoms with van der Waals surface area (Å²) in [5, 5.41) is 10.7. The topological polar surface area (TPSA) is 38.7 Å². The predicted octanol–water partition coefficient (Wildman–Crippen LogP) is 2.40. The monoisotopic (exact) mass is 248 g/mol. The van der Waals surface area contributed by atoms with E-state index in [-0.39, 0.29) is 6.10 Å². The first-order valence-corrected chi connectivity index (χ1v) is 6.82. The maximum atomic E-state index is 10.7. The molecule has 0 bridgehead atoms. The molecule has 1 saturated carbocycles. The Kier molecular flexibility index (Phi) is 3.04. The smallest absolute Gasteiger partial charge is 0.128 e. The molecule has 1 aromatic rings. The van der Waals surface area contributed by atoms with Gasteiger partial charge in [0.25, 0.3) is 0 Å². The predicted molar refractivity (Wildman–Crippen MR) is 68.8 cm³/mol. The Hall–Kier alpha value is -1.06. The Morgan fingerprint density at radius 3 is 3.06 bits per heavy atom. The second-order valence-corrected chi connectivity index (χ2v) is 5.26. The van der Waals surface area contributed by atoms with Crippen molar-refractivity contribution in [1.29, 1.82) is 0 Å². The van der Waals surface area contributed by atoms with E-state index in [9.17, 15) is 5.11 Å². The van der Waals surface area contributed by atoms with Gasteiger partial charge in [0.05, 0.1) is 18.3 Å². The lowest BCUT2D eigenvalue weighted by molar-refractivity contribution is -0.143. The van der Waals surface area contributed by atoms with Crippen molar-refractivity contribution in [3.63, 3.8) is 0 Å². The van der Waals surface area contributed by atoms with Crippen LogP contribution in [0, 0.1) is 0 Å². The molecule has 18 heavy (non-hydrogen) atoms. The van der Waals surface area contributed by atoms with E-state index < -0.39 is 5.60 Å². The van der Waals surface area contributed by atoms with E-state index in [1.54, 1.807) is 0 Å². The SMILES string of the molecule is CCOC1CC(O)(c2cccc3c2OCCC3)C1. The van der Waals surface area contributed by atoms with Crippen LogP contribution in [-0.4, -0.2) is 24.4 Å². The Balaban J connectivity index is 1.85. The summed E-state index contributed by atoms with van der Waals surface area (Å²) in [6.07, 6.45) is 3.67. The molecule has 0 unspecified atom stereocenters. The van der Waals surface area contributed by atoms with Crippen LogP contribution >= 0.6 is 0 Å². The van der Waals surface area contributed by atoms with Crippen molar-refractivity contribution in [2.75, 3.05) is 13.2 Å². The molecule has 1 aromatic carbocycles. The molecule has 0 radical (unpaired) electrons. The number of para-hydroxylation sites is 1. The summed E-state index contributed by atoms with van der Waals surface area (Å²) < 4.78 is 11.3. The van der Waals surface area contributed by atoms with Crippen LogP contribution in [-0.2, 0) is 16.8 Å². The van der Waals surface area contributed by atoms with Gasteiger partial charge >= 0.3 is 0 Å². The van der Waals surface area contributed by atoms with Gasteiger partial charge in [0.15, 0.2) is 0 Å². The second kappa shape index (κ2) is 4.56. The molecule has 3 nitrogen and oxygen atoms in total. The summed E-state index contributed by atoms with van der Waals surface area (Å²) in [6.45, 7) is 3.46. The highest BCUT2D eigenvalue weighted by Crippen LogP contribution is 2.47. The van der Waals surface area contributed by atoms with Crippen molar-refractivity contribution in [3.05, 3.63) is 29.3 Å². The molecule has 1 heterocycles. The number of aryl methyl sites for hydroxylation is 1. The van der Waals surface area contributed by atoms with Crippen LogP contribution in [0.15, 0.2) is 18.2 Å². The van der Waals surface area contributed by atoms with Crippen molar-refractivity contribution >= 4 is 0 Å². The molecule has 0 atom stereocenters. The number of rotatable bonds is 3. The summed E-state index contributed by atoms with van der Waals surface area (Å²) in [7, 11) is 0. The van der Waals surface area contributed by atoms with Crippen molar-refractivity contribution < 1.29 is 14.6 Å². The number of aliphatic hydroxyl groups is 1. The molecule has 0 amide bonds. The highest BCUT2D eigenvalue weighted by molar-refractivity contribution is 5.47. The van der Waals surface area contributed by atoms with Gasteiger partial charge in [0.2, 0.25) is 0 Å².